The van der Waals surface area contributed by atoms with E-state index in [1.807, 2.05) is 34.0 Å². The summed E-state index contributed by atoms with van der Waals surface area (Å²) >= 11 is 0. The van der Waals surface area contributed by atoms with Crippen molar-refractivity contribution >= 4 is 22.6 Å². The third kappa shape index (κ3) is 5.81. The molecule has 0 saturated carbocycles. The van der Waals surface area contributed by atoms with Crippen LogP contribution in [0.25, 0.3) is 10.9 Å². The molecular formula is C31H40N10O. The van der Waals surface area contributed by atoms with Crippen LogP contribution in [0.4, 0.5) is 10.5 Å². The van der Waals surface area contributed by atoms with E-state index in [1.54, 1.807) is 0 Å². The van der Waals surface area contributed by atoms with Crippen molar-refractivity contribution in [2.75, 3.05) is 18.4 Å². The minimum absolute atomic E-state index is 0.0141. The van der Waals surface area contributed by atoms with Gasteiger partial charge in [0, 0.05) is 43.3 Å². The predicted molar refractivity (Wildman–Crippen MR) is 162 cm³/mol. The van der Waals surface area contributed by atoms with Gasteiger partial charge in [0.05, 0.1) is 23.6 Å². The molecule has 4 heterocycles. The summed E-state index contributed by atoms with van der Waals surface area (Å²) in [6.07, 6.45) is 4.30. The fourth-order valence-corrected chi connectivity index (χ4v) is 6.15. The number of aromatic nitrogens is 6. The van der Waals surface area contributed by atoms with E-state index in [0.29, 0.717) is 19.5 Å². The second-order valence-electron chi connectivity index (χ2n) is 12.8. The maximum Gasteiger partial charge on any atom is 0.322 e. The van der Waals surface area contributed by atoms with Crippen LogP contribution < -0.4 is 10.6 Å². The van der Waals surface area contributed by atoms with Gasteiger partial charge in [-0.25, -0.2) is 9.48 Å². The normalized spacial score (nSPS) is 16.8. The average molecular weight is 569 g/mol. The average Bonchev–Trinajstić information content (AvgIpc) is 3.61. The van der Waals surface area contributed by atoms with Crippen LogP contribution in [0.15, 0.2) is 55.0 Å². The Balaban J connectivity index is 1.17. The summed E-state index contributed by atoms with van der Waals surface area (Å²) in [5.41, 5.74) is 5.46. The van der Waals surface area contributed by atoms with Crippen molar-refractivity contribution in [3.8, 4) is 0 Å². The monoisotopic (exact) mass is 568 g/mol. The molecule has 11 nitrogen and oxygen atoms in total. The van der Waals surface area contributed by atoms with Crippen LogP contribution in [-0.4, -0.2) is 65.4 Å². The number of aryl methyl sites for hydroxylation is 1. The minimum Gasteiger partial charge on any atom is -0.362 e. The molecule has 1 saturated heterocycles. The molecule has 0 aliphatic carbocycles. The molecule has 2 aliphatic heterocycles. The maximum atomic E-state index is 12.9. The highest BCUT2D eigenvalue weighted by atomic mass is 16.2. The summed E-state index contributed by atoms with van der Waals surface area (Å²) in [4.78, 5) is 17.1. The molecule has 0 spiro atoms. The lowest BCUT2D eigenvalue weighted by molar-refractivity contribution is 0.132. The van der Waals surface area contributed by atoms with Gasteiger partial charge in [-0.2, -0.15) is 5.10 Å². The number of tetrazole rings is 1. The molecular weight excluding hydrogens is 528 g/mol. The number of hydrogen-bond acceptors (Lipinski definition) is 7. The maximum absolute atomic E-state index is 12.9. The van der Waals surface area contributed by atoms with E-state index < -0.39 is 0 Å². The molecule has 0 radical (unpaired) electrons. The smallest absolute Gasteiger partial charge is 0.322 e. The highest BCUT2D eigenvalue weighted by molar-refractivity contribution is 5.92. The Labute approximate surface area is 246 Å². The second-order valence-corrected chi connectivity index (χ2v) is 12.8. The third-order valence-corrected chi connectivity index (χ3v) is 8.23. The highest BCUT2D eigenvalue weighted by Crippen LogP contribution is 2.29. The van der Waals surface area contributed by atoms with Crippen molar-refractivity contribution in [1.82, 2.24) is 45.5 Å². The number of anilines is 1. The number of nitrogens with one attached hydrogen (secondary N) is 3. The van der Waals surface area contributed by atoms with Crippen molar-refractivity contribution in [2.24, 2.45) is 5.41 Å². The number of amides is 2. The van der Waals surface area contributed by atoms with Gasteiger partial charge in [0.25, 0.3) is 0 Å². The molecule has 1 fully saturated rings. The van der Waals surface area contributed by atoms with Gasteiger partial charge in [0.2, 0.25) is 0 Å². The largest absolute Gasteiger partial charge is 0.362 e. The highest BCUT2D eigenvalue weighted by Gasteiger charge is 2.32. The summed E-state index contributed by atoms with van der Waals surface area (Å²) in [6, 6.07) is 12.4. The Morgan fingerprint density at radius 3 is 2.76 bits per heavy atom. The van der Waals surface area contributed by atoms with Gasteiger partial charge in [-0.15, -0.1) is 5.10 Å². The molecule has 2 aliphatic rings. The quantitative estimate of drug-likeness (QED) is 0.280. The Morgan fingerprint density at radius 2 is 1.98 bits per heavy atom. The zero-order valence-electron chi connectivity index (χ0n) is 24.9. The van der Waals surface area contributed by atoms with Gasteiger partial charge in [0.1, 0.15) is 0 Å². The molecule has 2 aromatic carbocycles. The molecule has 11 heteroatoms. The van der Waals surface area contributed by atoms with E-state index in [9.17, 15) is 4.79 Å². The van der Waals surface area contributed by atoms with E-state index in [0.717, 1.165) is 65.3 Å². The number of nitrogens with zero attached hydrogens (tertiary/aromatic N) is 7. The predicted octanol–water partition coefficient (Wildman–Crippen LogP) is 4.76. The summed E-state index contributed by atoms with van der Waals surface area (Å²) in [6.45, 7) is 16.0. The van der Waals surface area contributed by atoms with Gasteiger partial charge in [-0.1, -0.05) is 51.6 Å². The summed E-state index contributed by atoms with van der Waals surface area (Å²) in [7, 11) is 0. The van der Waals surface area contributed by atoms with Crippen LogP contribution in [-0.2, 0) is 19.5 Å². The molecule has 1 unspecified atom stereocenters. The number of carbonyl (C=O) groups excluding carboxylic acids is 1. The number of hydrogen-bond donors (Lipinski definition) is 3. The Hall–Kier alpha value is -4.41. The number of para-hydroxylation sites is 1. The van der Waals surface area contributed by atoms with E-state index in [-0.39, 0.29) is 23.5 Å². The zero-order valence-corrected chi connectivity index (χ0v) is 24.9. The van der Waals surface area contributed by atoms with Crippen LogP contribution >= 0.6 is 0 Å². The number of rotatable bonds is 8. The first kappa shape index (κ1) is 27.7. The van der Waals surface area contributed by atoms with Gasteiger partial charge in [-0.3, -0.25) is 5.10 Å². The number of carbonyl (C=O) groups is 1. The van der Waals surface area contributed by atoms with Gasteiger partial charge < -0.3 is 20.4 Å². The number of likely N-dealkylation sites (tertiary alicyclic amines) is 1. The number of benzene rings is 2. The molecule has 1 atom stereocenters. The lowest BCUT2D eigenvalue weighted by Crippen LogP contribution is -2.50. The van der Waals surface area contributed by atoms with Crippen molar-refractivity contribution in [2.45, 2.75) is 72.1 Å². The van der Waals surface area contributed by atoms with E-state index >= 15 is 0 Å². The SMILES string of the molecule is C=C(NC(Cc1cc(C)c2[nH]ncc2c1)c1nnnn1CC(C)(C)C)N1CCC(N2Cc3ccccc3NC2=O)CC1. The van der Waals surface area contributed by atoms with Crippen molar-refractivity contribution in [1.29, 1.82) is 0 Å². The number of H-pyrrole nitrogens is 1. The van der Waals surface area contributed by atoms with Crippen LogP contribution in [0.5, 0.6) is 0 Å². The molecule has 42 heavy (non-hydrogen) atoms. The zero-order chi connectivity index (χ0) is 29.4. The third-order valence-electron chi connectivity index (χ3n) is 8.23. The topological polar surface area (TPSA) is 120 Å². The molecule has 220 valence electrons. The van der Waals surface area contributed by atoms with E-state index in [1.165, 1.54) is 5.56 Å². The van der Waals surface area contributed by atoms with Crippen molar-refractivity contribution in [3.63, 3.8) is 0 Å². The minimum atomic E-state index is -0.180. The van der Waals surface area contributed by atoms with E-state index in [2.05, 4.69) is 93.7 Å². The first-order valence-corrected chi connectivity index (χ1v) is 14.7. The molecule has 4 aromatic rings. The van der Waals surface area contributed by atoms with Crippen LogP contribution in [0, 0.1) is 12.3 Å². The van der Waals surface area contributed by atoms with Crippen LogP contribution in [0.3, 0.4) is 0 Å². The Bertz CT molecular complexity index is 1590. The van der Waals surface area contributed by atoms with Crippen molar-refractivity contribution in [3.05, 3.63) is 77.5 Å². The molecule has 0 bridgehead atoms. The number of urea groups is 1. The fraction of sp³-hybridized carbons (Fsp3) is 0.452. The van der Waals surface area contributed by atoms with Gasteiger partial charge >= 0.3 is 6.03 Å². The second kappa shape index (κ2) is 11.1. The Kier molecular flexibility index (Phi) is 7.34. The molecule has 2 amide bonds. The molecule has 2 aromatic heterocycles. The summed E-state index contributed by atoms with van der Waals surface area (Å²) < 4.78 is 1.91. The van der Waals surface area contributed by atoms with Gasteiger partial charge in [0.15, 0.2) is 5.82 Å². The first-order valence-electron chi connectivity index (χ1n) is 14.7. The molecule has 6 rings (SSSR count). The molecule has 3 N–H and O–H groups in total. The summed E-state index contributed by atoms with van der Waals surface area (Å²) in [5, 5.41) is 28.0. The standard InChI is InChI=1S/C31H40N10O/c1-20-14-22(15-24-17-32-35-28(20)24)16-27(29-36-37-38-41(29)19-31(3,4)5)33-21(2)39-12-10-25(11-13-39)40-18-23-8-6-7-9-26(23)34-30(40)42/h6-9,14-15,17,25,27,33H,2,10-13,16,18-19H2,1,3-5H3,(H,32,35)(H,34,42). The van der Waals surface area contributed by atoms with Gasteiger partial charge in [-0.05, 0) is 70.9 Å². The lowest BCUT2D eigenvalue weighted by Gasteiger charge is -2.42. The van der Waals surface area contributed by atoms with Crippen LogP contribution in [0.1, 0.15) is 62.2 Å². The summed E-state index contributed by atoms with van der Waals surface area (Å²) in [5.74, 6) is 1.63. The van der Waals surface area contributed by atoms with Crippen molar-refractivity contribution < 1.29 is 4.79 Å². The van der Waals surface area contributed by atoms with Crippen LogP contribution in [0.2, 0.25) is 0 Å². The van der Waals surface area contributed by atoms with E-state index in [4.69, 9.17) is 0 Å². The lowest BCUT2D eigenvalue weighted by atomic mass is 9.96. The number of aromatic amines is 1. The first-order chi connectivity index (χ1) is 20.1. The number of piperidine rings is 1. The number of fused-ring (bicyclic) bond motifs is 2. The fourth-order valence-electron chi connectivity index (χ4n) is 6.15. The Morgan fingerprint density at radius 1 is 1.19 bits per heavy atom.